The molecular formula is C16H15Cl2NO. The number of allylic oxidation sites excluding steroid dienone is 3. The molecule has 0 fully saturated rings. The zero-order valence-electron chi connectivity index (χ0n) is 11.1. The molecule has 1 aromatic carbocycles. The van der Waals surface area contributed by atoms with Crippen LogP contribution >= 0.6 is 23.2 Å². The molecule has 0 aliphatic heterocycles. The third-order valence-electron chi connectivity index (χ3n) is 2.63. The summed E-state index contributed by atoms with van der Waals surface area (Å²) in [4.78, 5) is 11.1. The summed E-state index contributed by atoms with van der Waals surface area (Å²) in [6.45, 7) is 0. The van der Waals surface area contributed by atoms with E-state index in [0.29, 0.717) is 22.9 Å². The summed E-state index contributed by atoms with van der Waals surface area (Å²) < 4.78 is 0. The molecule has 0 radical (unpaired) electrons. The molecule has 20 heavy (non-hydrogen) atoms. The van der Waals surface area contributed by atoms with Gasteiger partial charge in [-0.15, -0.1) is 6.42 Å². The first kappa shape index (κ1) is 16.4. The highest BCUT2D eigenvalue weighted by atomic mass is 35.5. The van der Waals surface area contributed by atoms with Crippen LogP contribution in [0.15, 0.2) is 36.4 Å². The van der Waals surface area contributed by atoms with Gasteiger partial charge in [0.05, 0.1) is 10.0 Å². The van der Waals surface area contributed by atoms with Gasteiger partial charge in [0.25, 0.3) is 0 Å². The van der Waals surface area contributed by atoms with Gasteiger partial charge in [-0.2, -0.15) is 0 Å². The number of rotatable bonds is 5. The summed E-state index contributed by atoms with van der Waals surface area (Å²) in [5, 5.41) is 3.55. The first-order valence-corrected chi connectivity index (χ1v) is 6.80. The van der Waals surface area contributed by atoms with Crippen LogP contribution in [0.5, 0.6) is 0 Å². The predicted octanol–water partition coefficient (Wildman–Crippen LogP) is 4.09. The largest absolute Gasteiger partial charge is 0.359 e. The van der Waals surface area contributed by atoms with Gasteiger partial charge in [-0.05, 0) is 35.8 Å². The summed E-state index contributed by atoms with van der Waals surface area (Å²) >= 11 is 11.9. The van der Waals surface area contributed by atoms with Crippen LogP contribution in [0, 0.1) is 12.3 Å². The zero-order valence-corrected chi connectivity index (χ0v) is 12.6. The molecule has 4 heteroatoms. The van der Waals surface area contributed by atoms with Gasteiger partial charge >= 0.3 is 0 Å². The van der Waals surface area contributed by atoms with Crippen LogP contribution in [0.1, 0.15) is 18.4 Å². The quantitative estimate of drug-likeness (QED) is 0.644. The Hall–Kier alpha value is -1.69. The lowest BCUT2D eigenvalue weighted by molar-refractivity contribution is -0.119. The monoisotopic (exact) mass is 307 g/mol. The predicted molar refractivity (Wildman–Crippen MR) is 85.7 cm³/mol. The summed E-state index contributed by atoms with van der Waals surface area (Å²) in [5.41, 5.74) is 1.86. The fourth-order valence-corrected chi connectivity index (χ4v) is 1.86. The van der Waals surface area contributed by atoms with E-state index in [-0.39, 0.29) is 5.91 Å². The highest BCUT2D eigenvalue weighted by Gasteiger charge is 2.03. The Morgan fingerprint density at radius 1 is 1.30 bits per heavy atom. The smallest absolute Gasteiger partial charge is 0.223 e. The molecule has 0 heterocycles. The van der Waals surface area contributed by atoms with Crippen molar-refractivity contribution in [2.24, 2.45) is 0 Å². The lowest BCUT2D eigenvalue weighted by Crippen LogP contribution is -2.15. The van der Waals surface area contributed by atoms with Gasteiger partial charge in [0.1, 0.15) is 0 Å². The van der Waals surface area contributed by atoms with Gasteiger partial charge in [0, 0.05) is 13.5 Å². The maximum absolute atomic E-state index is 11.1. The molecule has 0 saturated carbocycles. The van der Waals surface area contributed by atoms with Crippen LogP contribution in [0.3, 0.4) is 0 Å². The molecule has 0 aromatic heterocycles. The second-order valence-corrected chi connectivity index (χ2v) is 4.83. The number of hydrogen-bond donors (Lipinski definition) is 1. The SMILES string of the molecule is C#C/C=C(\C/C=C\CC(=O)NC)c1ccc(Cl)c(Cl)c1. The molecule has 1 N–H and O–H groups in total. The molecule has 0 unspecified atom stereocenters. The molecule has 0 aliphatic carbocycles. The van der Waals surface area contributed by atoms with Crippen LogP contribution in [0.4, 0.5) is 0 Å². The van der Waals surface area contributed by atoms with Crippen LogP contribution in [0.2, 0.25) is 10.0 Å². The summed E-state index contributed by atoms with van der Waals surface area (Å²) in [5.74, 6) is 2.48. The second-order valence-electron chi connectivity index (χ2n) is 4.02. The van der Waals surface area contributed by atoms with Crippen LogP contribution in [-0.4, -0.2) is 13.0 Å². The molecule has 0 spiro atoms. The molecule has 0 atom stereocenters. The number of terminal acetylenes is 1. The van der Waals surface area contributed by atoms with Gasteiger partial charge in [-0.1, -0.05) is 47.3 Å². The molecule has 104 valence electrons. The normalized spacial score (nSPS) is 11.4. The molecule has 1 amide bonds. The number of hydrogen-bond acceptors (Lipinski definition) is 1. The van der Waals surface area contributed by atoms with Gasteiger partial charge in [-0.25, -0.2) is 0 Å². The average Bonchev–Trinajstić information content (AvgIpc) is 2.45. The van der Waals surface area contributed by atoms with Crippen molar-refractivity contribution in [2.45, 2.75) is 12.8 Å². The molecular weight excluding hydrogens is 293 g/mol. The molecule has 1 aromatic rings. The minimum absolute atomic E-state index is 0.0294. The fourth-order valence-electron chi connectivity index (χ4n) is 1.56. The van der Waals surface area contributed by atoms with Crippen molar-refractivity contribution < 1.29 is 4.79 Å². The fraction of sp³-hybridized carbons (Fsp3) is 0.188. The Labute approximate surface area is 129 Å². The van der Waals surface area contributed by atoms with E-state index in [9.17, 15) is 4.79 Å². The van der Waals surface area contributed by atoms with Gasteiger partial charge in [0.2, 0.25) is 5.91 Å². The van der Waals surface area contributed by atoms with Crippen molar-refractivity contribution in [3.63, 3.8) is 0 Å². The van der Waals surface area contributed by atoms with Crippen molar-refractivity contribution in [3.8, 4) is 12.3 Å². The minimum atomic E-state index is -0.0294. The van der Waals surface area contributed by atoms with Crippen molar-refractivity contribution >= 4 is 34.7 Å². The van der Waals surface area contributed by atoms with Crippen molar-refractivity contribution in [2.75, 3.05) is 7.05 Å². The first-order valence-electron chi connectivity index (χ1n) is 6.04. The van der Waals surface area contributed by atoms with Gasteiger partial charge in [0.15, 0.2) is 0 Å². The number of benzene rings is 1. The number of amides is 1. The van der Waals surface area contributed by atoms with Gasteiger partial charge in [-0.3, -0.25) is 4.79 Å². The van der Waals surface area contributed by atoms with Crippen LogP contribution in [0.25, 0.3) is 5.57 Å². The number of nitrogens with one attached hydrogen (secondary N) is 1. The standard InChI is InChI=1S/C16H15Cl2NO/c1-3-6-12(7-4-5-8-16(20)19-2)13-9-10-14(17)15(18)11-13/h1,4-6,9-11H,7-8H2,2H3,(H,19,20)/b5-4-,12-6+. The molecule has 2 nitrogen and oxygen atoms in total. The van der Waals surface area contributed by atoms with Crippen LogP contribution in [-0.2, 0) is 4.79 Å². The molecule has 0 bridgehead atoms. The Morgan fingerprint density at radius 3 is 2.60 bits per heavy atom. The van der Waals surface area contributed by atoms with E-state index in [4.69, 9.17) is 29.6 Å². The van der Waals surface area contributed by atoms with Crippen molar-refractivity contribution in [1.82, 2.24) is 5.32 Å². The summed E-state index contributed by atoms with van der Waals surface area (Å²) in [6, 6.07) is 5.38. The Bertz CT molecular complexity index is 583. The van der Waals surface area contributed by atoms with E-state index in [0.717, 1.165) is 11.1 Å². The highest BCUT2D eigenvalue weighted by molar-refractivity contribution is 6.42. The number of halogens is 2. The maximum Gasteiger partial charge on any atom is 0.223 e. The molecule has 1 rings (SSSR count). The van der Waals surface area contributed by atoms with Crippen molar-refractivity contribution in [3.05, 3.63) is 52.0 Å². The lowest BCUT2D eigenvalue weighted by atomic mass is 10.0. The van der Waals surface area contributed by atoms with Crippen molar-refractivity contribution in [1.29, 1.82) is 0 Å². The van der Waals surface area contributed by atoms with E-state index in [1.54, 1.807) is 31.3 Å². The summed E-state index contributed by atoms with van der Waals surface area (Å²) in [6.07, 6.45) is 11.7. The molecule has 0 aliphatic rings. The average molecular weight is 308 g/mol. The zero-order chi connectivity index (χ0) is 15.0. The summed E-state index contributed by atoms with van der Waals surface area (Å²) in [7, 11) is 1.61. The number of carbonyl (C=O) groups excluding carboxylic acids is 1. The van der Waals surface area contributed by atoms with E-state index in [1.165, 1.54) is 0 Å². The van der Waals surface area contributed by atoms with Gasteiger partial charge < -0.3 is 5.32 Å². The van der Waals surface area contributed by atoms with E-state index < -0.39 is 0 Å². The maximum atomic E-state index is 11.1. The first-order chi connectivity index (χ1) is 9.58. The third kappa shape index (κ3) is 5.13. The van der Waals surface area contributed by atoms with Crippen LogP contribution < -0.4 is 5.32 Å². The Balaban J connectivity index is 2.80. The number of carbonyl (C=O) groups is 1. The molecule has 0 saturated heterocycles. The lowest BCUT2D eigenvalue weighted by Gasteiger charge is -2.05. The topological polar surface area (TPSA) is 29.1 Å². The van der Waals surface area contributed by atoms with E-state index in [2.05, 4.69) is 11.2 Å². The second kappa shape index (κ2) is 8.47. The third-order valence-corrected chi connectivity index (χ3v) is 3.37. The van der Waals surface area contributed by atoms with E-state index >= 15 is 0 Å². The minimum Gasteiger partial charge on any atom is -0.359 e. The highest BCUT2D eigenvalue weighted by Crippen LogP contribution is 2.27. The van der Waals surface area contributed by atoms with E-state index in [1.807, 2.05) is 12.1 Å². The Kier molecular flexibility index (Phi) is 6.93. The Morgan fingerprint density at radius 2 is 2.00 bits per heavy atom.